The van der Waals surface area contributed by atoms with Crippen LogP contribution in [0.5, 0.6) is 5.75 Å². The monoisotopic (exact) mass is 320 g/mol. The number of rotatable bonds is 3. The van der Waals surface area contributed by atoms with Gasteiger partial charge in [-0.2, -0.15) is 0 Å². The molecule has 0 heterocycles. The van der Waals surface area contributed by atoms with Crippen LogP contribution in [0.25, 0.3) is 0 Å². The van der Waals surface area contributed by atoms with E-state index in [1.54, 1.807) is 12.1 Å². The van der Waals surface area contributed by atoms with Gasteiger partial charge < -0.3 is 5.11 Å². The van der Waals surface area contributed by atoms with E-state index in [1.807, 2.05) is 6.92 Å². The summed E-state index contributed by atoms with van der Waals surface area (Å²) in [6.45, 7) is 1.93. The summed E-state index contributed by atoms with van der Waals surface area (Å²) >= 11 is 6.46. The van der Waals surface area contributed by atoms with Gasteiger partial charge in [-0.05, 0) is 34.5 Å². The van der Waals surface area contributed by atoms with E-state index in [0.717, 1.165) is 10.9 Å². The number of Topliss-reactive ketones (excluding diaryl/α,β-unsaturated/α-hetero) is 1. The van der Waals surface area contributed by atoms with Crippen molar-refractivity contribution in [3.63, 3.8) is 0 Å². The standard InChI is InChI=1S/C10H10Br2O2/c1-2-3-9(13)7-4-6(11)5-8(12)10(7)14/h4-5,14H,2-3H2,1H3. The molecule has 4 heteroatoms. The average Bonchev–Trinajstić information content (AvgIpc) is 2.11. The molecule has 0 aliphatic heterocycles. The van der Waals surface area contributed by atoms with Gasteiger partial charge in [0.25, 0.3) is 0 Å². The Hall–Kier alpha value is -0.350. The minimum atomic E-state index is -0.0352. The number of hydrogen-bond donors (Lipinski definition) is 1. The van der Waals surface area contributed by atoms with E-state index in [0.29, 0.717) is 16.5 Å². The molecule has 0 unspecified atom stereocenters. The molecule has 0 amide bonds. The minimum Gasteiger partial charge on any atom is -0.506 e. The normalized spacial score (nSPS) is 10.2. The summed E-state index contributed by atoms with van der Waals surface area (Å²) in [5.74, 6) is -0.0151. The number of hydrogen-bond acceptors (Lipinski definition) is 2. The van der Waals surface area contributed by atoms with Crippen LogP contribution in [0, 0.1) is 0 Å². The number of benzene rings is 1. The molecule has 1 rings (SSSR count). The van der Waals surface area contributed by atoms with Crippen LogP contribution in [-0.2, 0) is 0 Å². The van der Waals surface area contributed by atoms with Crippen LogP contribution in [0.15, 0.2) is 21.1 Å². The number of phenolic OH excluding ortho intramolecular Hbond substituents is 1. The molecule has 14 heavy (non-hydrogen) atoms. The number of halogens is 2. The Bertz CT molecular complexity index is 361. The number of phenols is 1. The molecule has 2 nitrogen and oxygen atoms in total. The Labute approximate surface area is 99.6 Å². The smallest absolute Gasteiger partial charge is 0.166 e. The van der Waals surface area contributed by atoms with Gasteiger partial charge >= 0.3 is 0 Å². The molecular weight excluding hydrogens is 312 g/mol. The molecule has 0 bridgehead atoms. The molecule has 0 aliphatic rings. The second-order valence-corrected chi connectivity index (χ2v) is 4.73. The van der Waals surface area contributed by atoms with E-state index in [2.05, 4.69) is 31.9 Å². The highest BCUT2D eigenvalue weighted by atomic mass is 79.9. The fourth-order valence-electron chi connectivity index (χ4n) is 1.14. The van der Waals surface area contributed by atoms with Gasteiger partial charge in [-0.3, -0.25) is 4.79 Å². The quantitative estimate of drug-likeness (QED) is 0.857. The lowest BCUT2D eigenvalue weighted by atomic mass is 10.1. The van der Waals surface area contributed by atoms with Crippen molar-refractivity contribution in [3.8, 4) is 5.75 Å². The molecular formula is C10H10Br2O2. The van der Waals surface area contributed by atoms with Crippen LogP contribution in [-0.4, -0.2) is 10.9 Å². The van der Waals surface area contributed by atoms with Gasteiger partial charge in [-0.15, -0.1) is 0 Å². The van der Waals surface area contributed by atoms with E-state index in [4.69, 9.17) is 0 Å². The second-order valence-electron chi connectivity index (χ2n) is 2.96. The number of carbonyl (C=O) groups excluding carboxylic acids is 1. The zero-order chi connectivity index (χ0) is 10.7. The van der Waals surface area contributed by atoms with E-state index < -0.39 is 0 Å². The molecule has 0 aromatic heterocycles. The molecule has 0 saturated heterocycles. The maximum absolute atomic E-state index is 11.6. The summed E-state index contributed by atoms with van der Waals surface area (Å²) in [6.07, 6.45) is 1.23. The van der Waals surface area contributed by atoms with Gasteiger partial charge in [-0.1, -0.05) is 22.9 Å². The minimum absolute atomic E-state index is 0.0200. The summed E-state index contributed by atoms with van der Waals surface area (Å²) in [6, 6.07) is 3.34. The van der Waals surface area contributed by atoms with Gasteiger partial charge in [0.1, 0.15) is 5.75 Å². The van der Waals surface area contributed by atoms with E-state index >= 15 is 0 Å². The van der Waals surface area contributed by atoms with Crippen molar-refractivity contribution in [3.05, 3.63) is 26.6 Å². The summed E-state index contributed by atoms with van der Waals surface area (Å²) in [5.41, 5.74) is 0.369. The van der Waals surface area contributed by atoms with Crippen molar-refractivity contribution < 1.29 is 9.90 Å². The van der Waals surface area contributed by atoms with Gasteiger partial charge in [0.2, 0.25) is 0 Å². The van der Waals surface area contributed by atoms with E-state index in [-0.39, 0.29) is 11.5 Å². The van der Waals surface area contributed by atoms with Crippen LogP contribution in [0.4, 0.5) is 0 Å². The van der Waals surface area contributed by atoms with Crippen molar-refractivity contribution in [2.45, 2.75) is 19.8 Å². The first-order valence-corrected chi connectivity index (χ1v) is 5.86. The molecule has 0 atom stereocenters. The van der Waals surface area contributed by atoms with Crippen LogP contribution >= 0.6 is 31.9 Å². The molecule has 1 N–H and O–H groups in total. The lowest BCUT2D eigenvalue weighted by Gasteiger charge is -2.05. The maximum atomic E-state index is 11.6. The first-order chi connectivity index (χ1) is 6.56. The van der Waals surface area contributed by atoms with Crippen molar-refractivity contribution in [1.82, 2.24) is 0 Å². The molecule has 0 fully saturated rings. The summed E-state index contributed by atoms with van der Waals surface area (Å²) < 4.78 is 1.31. The van der Waals surface area contributed by atoms with E-state index in [1.165, 1.54) is 0 Å². The van der Waals surface area contributed by atoms with Gasteiger partial charge in [-0.25, -0.2) is 0 Å². The highest BCUT2D eigenvalue weighted by Crippen LogP contribution is 2.32. The highest BCUT2D eigenvalue weighted by molar-refractivity contribution is 9.11. The van der Waals surface area contributed by atoms with Crippen molar-refractivity contribution in [1.29, 1.82) is 0 Å². The van der Waals surface area contributed by atoms with Crippen LogP contribution < -0.4 is 0 Å². The summed E-state index contributed by atoms with van der Waals surface area (Å²) in [4.78, 5) is 11.6. The van der Waals surface area contributed by atoms with E-state index in [9.17, 15) is 9.90 Å². The van der Waals surface area contributed by atoms with Crippen molar-refractivity contribution >= 4 is 37.6 Å². The third-order valence-electron chi connectivity index (χ3n) is 1.81. The number of carbonyl (C=O) groups is 1. The number of aromatic hydroxyl groups is 1. The zero-order valence-electron chi connectivity index (χ0n) is 7.68. The Morgan fingerprint density at radius 3 is 2.64 bits per heavy atom. The SMILES string of the molecule is CCCC(=O)c1cc(Br)cc(Br)c1O. The molecule has 0 saturated carbocycles. The predicted molar refractivity (Wildman–Crippen MR) is 62.7 cm³/mol. The first kappa shape index (κ1) is 11.7. The second kappa shape index (κ2) is 4.94. The molecule has 76 valence electrons. The summed E-state index contributed by atoms with van der Waals surface area (Å²) in [7, 11) is 0. The lowest BCUT2D eigenvalue weighted by Crippen LogP contribution is -1.99. The molecule has 1 aromatic carbocycles. The molecule has 0 radical (unpaired) electrons. The molecule has 0 spiro atoms. The van der Waals surface area contributed by atoms with Crippen LogP contribution in [0.3, 0.4) is 0 Å². The third-order valence-corrected chi connectivity index (χ3v) is 2.87. The summed E-state index contributed by atoms with van der Waals surface area (Å²) in [5, 5.41) is 9.63. The fraction of sp³-hybridized carbons (Fsp3) is 0.300. The topological polar surface area (TPSA) is 37.3 Å². The maximum Gasteiger partial charge on any atom is 0.166 e. The Kier molecular flexibility index (Phi) is 4.13. The molecule has 1 aromatic rings. The number of ketones is 1. The van der Waals surface area contributed by atoms with Crippen LogP contribution in [0.2, 0.25) is 0 Å². The van der Waals surface area contributed by atoms with Crippen molar-refractivity contribution in [2.75, 3.05) is 0 Å². The fourth-order valence-corrected chi connectivity index (χ4v) is 2.37. The zero-order valence-corrected chi connectivity index (χ0v) is 10.9. The van der Waals surface area contributed by atoms with Gasteiger partial charge in [0.05, 0.1) is 10.0 Å². The Morgan fingerprint density at radius 2 is 2.07 bits per heavy atom. The molecule has 0 aliphatic carbocycles. The van der Waals surface area contributed by atoms with Crippen LogP contribution in [0.1, 0.15) is 30.1 Å². The third kappa shape index (κ3) is 2.58. The first-order valence-electron chi connectivity index (χ1n) is 4.27. The Balaban J connectivity index is 3.13. The van der Waals surface area contributed by atoms with Crippen molar-refractivity contribution in [2.24, 2.45) is 0 Å². The largest absolute Gasteiger partial charge is 0.506 e. The Morgan fingerprint density at radius 1 is 1.43 bits per heavy atom. The van der Waals surface area contributed by atoms with Gasteiger partial charge in [0, 0.05) is 10.9 Å². The average molecular weight is 322 g/mol. The lowest BCUT2D eigenvalue weighted by molar-refractivity contribution is 0.0979. The predicted octanol–water partition coefficient (Wildman–Crippen LogP) is 3.90. The van der Waals surface area contributed by atoms with Gasteiger partial charge in [0.15, 0.2) is 5.78 Å². The highest BCUT2D eigenvalue weighted by Gasteiger charge is 2.13.